The van der Waals surface area contributed by atoms with E-state index in [0.717, 1.165) is 18.4 Å². The molecule has 0 bridgehead atoms. The van der Waals surface area contributed by atoms with Gasteiger partial charge < -0.3 is 28.4 Å². The SMILES string of the molecule is CCOC(=O)C(COC(=O)CC)N(CCN(CC(=O)OC(C)(C)C)C[C@@H]1CCC[C@@H](OC(=O)OC)N1Cc1ccccc1)CC(=O)OC(C)(C)C. The van der Waals surface area contributed by atoms with Gasteiger partial charge in [-0.15, -0.1) is 0 Å². The van der Waals surface area contributed by atoms with Crippen LogP contribution in [0.25, 0.3) is 0 Å². The van der Waals surface area contributed by atoms with Crippen molar-refractivity contribution in [3.63, 3.8) is 0 Å². The van der Waals surface area contributed by atoms with Crippen molar-refractivity contribution in [3.05, 3.63) is 35.9 Å². The molecular weight excluding hydrogens is 662 g/mol. The van der Waals surface area contributed by atoms with Gasteiger partial charge in [-0.25, -0.2) is 4.79 Å². The molecule has 0 saturated carbocycles. The molecule has 0 radical (unpaired) electrons. The minimum atomic E-state index is -1.11. The Morgan fingerprint density at radius 2 is 1.47 bits per heavy atom. The van der Waals surface area contributed by atoms with Gasteiger partial charge in [0.25, 0.3) is 0 Å². The Bertz CT molecular complexity index is 1260. The summed E-state index contributed by atoms with van der Waals surface area (Å²) in [4.78, 5) is 69.6. The van der Waals surface area contributed by atoms with Crippen molar-refractivity contribution >= 4 is 30.0 Å². The molecule has 0 aliphatic carbocycles. The number of hydrogen-bond acceptors (Lipinski definition) is 14. The number of piperidine rings is 1. The molecule has 51 heavy (non-hydrogen) atoms. The van der Waals surface area contributed by atoms with Crippen molar-refractivity contribution in [1.82, 2.24) is 14.7 Å². The first-order valence-electron chi connectivity index (χ1n) is 17.7. The highest BCUT2D eigenvalue weighted by Gasteiger charge is 2.36. The molecule has 1 aliphatic heterocycles. The lowest BCUT2D eigenvalue weighted by Crippen LogP contribution is -2.55. The van der Waals surface area contributed by atoms with Gasteiger partial charge in [-0.1, -0.05) is 37.3 Å². The molecule has 1 aromatic rings. The van der Waals surface area contributed by atoms with Gasteiger partial charge in [-0.05, 0) is 73.3 Å². The first-order chi connectivity index (χ1) is 23.9. The fraction of sp³-hybridized carbons (Fsp3) is 0.703. The Morgan fingerprint density at radius 3 is 2.04 bits per heavy atom. The van der Waals surface area contributed by atoms with Gasteiger partial charge in [0, 0.05) is 38.6 Å². The molecule has 1 saturated heterocycles. The second-order valence-electron chi connectivity index (χ2n) is 14.5. The molecular formula is C37H59N3O11. The number of hydrogen-bond donors (Lipinski definition) is 0. The molecule has 1 heterocycles. The van der Waals surface area contributed by atoms with Crippen molar-refractivity contribution in [3.8, 4) is 0 Å². The number of benzene rings is 1. The van der Waals surface area contributed by atoms with Gasteiger partial charge in [0.2, 0.25) is 0 Å². The molecule has 0 amide bonds. The van der Waals surface area contributed by atoms with Crippen molar-refractivity contribution < 1.29 is 52.4 Å². The van der Waals surface area contributed by atoms with Crippen molar-refractivity contribution in [2.75, 3.05) is 53.0 Å². The van der Waals surface area contributed by atoms with E-state index >= 15 is 0 Å². The molecule has 0 aromatic heterocycles. The number of carbonyl (C=O) groups is 5. The van der Waals surface area contributed by atoms with Gasteiger partial charge in [-0.3, -0.25) is 33.9 Å². The molecule has 1 unspecified atom stereocenters. The summed E-state index contributed by atoms with van der Waals surface area (Å²) < 4.78 is 32.5. The van der Waals surface area contributed by atoms with E-state index in [-0.39, 0.29) is 51.9 Å². The van der Waals surface area contributed by atoms with E-state index in [1.807, 2.05) is 35.2 Å². The number of likely N-dealkylation sites (tertiary alicyclic amines) is 1. The maximum atomic E-state index is 13.3. The zero-order valence-electron chi connectivity index (χ0n) is 31.9. The Morgan fingerprint density at radius 1 is 0.843 bits per heavy atom. The number of esters is 4. The van der Waals surface area contributed by atoms with Crippen LogP contribution in [0.15, 0.2) is 30.3 Å². The van der Waals surface area contributed by atoms with E-state index in [1.165, 1.54) is 7.11 Å². The van der Waals surface area contributed by atoms with E-state index in [4.69, 9.17) is 28.4 Å². The van der Waals surface area contributed by atoms with E-state index in [2.05, 4.69) is 4.90 Å². The third-order valence-electron chi connectivity index (χ3n) is 7.82. The Labute approximate surface area is 303 Å². The third-order valence-corrected chi connectivity index (χ3v) is 7.82. The maximum absolute atomic E-state index is 13.3. The maximum Gasteiger partial charge on any atom is 0.509 e. The molecule has 0 spiro atoms. The lowest BCUT2D eigenvalue weighted by atomic mass is 9.98. The minimum absolute atomic E-state index is 0.0792. The van der Waals surface area contributed by atoms with Gasteiger partial charge in [0.1, 0.15) is 23.9 Å². The van der Waals surface area contributed by atoms with Gasteiger partial charge in [0.05, 0.1) is 26.8 Å². The average molecular weight is 722 g/mol. The van der Waals surface area contributed by atoms with E-state index in [1.54, 1.807) is 60.3 Å². The largest absolute Gasteiger partial charge is 0.509 e. The summed E-state index contributed by atoms with van der Waals surface area (Å²) in [6.07, 6.45) is 0.870. The highest BCUT2D eigenvalue weighted by Crippen LogP contribution is 2.27. The first-order valence-corrected chi connectivity index (χ1v) is 17.7. The summed E-state index contributed by atoms with van der Waals surface area (Å²) in [6, 6.07) is 8.52. The Hall–Kier alpha value is -3.75. The molecule has 1 fully saturated rings. The molecule has 14 nitrogen and oxygen atoms in total. The van der Waals surface area contributed by atoms with Crippen LogP contribution in [-0.4, -0.2) is 127 Å². The normalized spacial score (nSPS) is 17.4. The van der Waals surface area contributed by atoms with Crippen molar-refractivity contribution in [1.29, 1.82) is 0 Å². The van der Waals surface area contributed by atoms with Gasteiger partial charge >= 0.3 is 30.0 Å². The fourth-order valence-electron chi connectivity index (χ4n) is 5.68. The molecule has 3 atom stereocenters. The number of nitrogens with zero attached hydrogens (tertiary/aromatic N) is 3. The van der Waals surface area contributed by atoms with Crippen LogP contribution >= 0.6 is 0 Å². The van der Waals surface area contributed by atoms with Crippen LogP contribution in [0, 0.1) is 0 Å². The summed E-state index contributed by atoms with van der Waals surface area (Å²) >= 11 is 0. The molecule has 288 valence electrons. The number of rotatable bonds is 18. The zero-order valence-corrected chi connectivity index (χ0v) is 31.9. The molecule has 1 aromatic carbocycles. The zero-order chi connectivity index (χ0) is 38.2. The van der Waals surface area contributed by atoms with Crippen LogP contribution in [0.4, 0.5) is 4.79 Å². The Kier molecular flexibility index (Phi) is 17.8. The lowest BCUT2D eigenvalue weighted by Gasteiger charge is -2.43. The standard InChI is InChI=1S/C37H59N3O11/c1-10-31(41)48-26-29(34(44)47-11-2)39(25-33(43)51-37(6,7)8)21-20-38(24-32(42)50-36(3,4)5)23-28-18-15-19-30(49-35(45)46-9)40(28)22-27-16-13-12-14-17-27/h12-14,16-17,28-30H,10-11,15,18-26H2,1-9H3/t28-,29?,30+/m0/s1. The molecule has 0 N–H and O–H groups in total. The van der Waals surface area contributed by atoms with Crippen molar-refractivity contribution in [2.24, 2.45) is 0 Å². The van der Waals surface area contributed by atoms with E-state index in [0.29, 0.717) is 19.5 Å². The highest BCUT2D eigenvalue weighted by atomic mass is 16.7. The summed E-state index contributed by atoms with van der Waals surface area (Å²) in [6.45, 7) is 14.4. The predicted molar refractivity (Wildman–Crippen MR) is 188 cm³/mol. The molecule has 1 aliphatic rings. The van der Waals surface area contributed by atoms with Crippen LogP contribution < -0.4 is 0 Å². The van der Waals surface area contributed by atoms with Crippen LogP contribution in [-0.2, 0) is 54.1 Å². The van der Waals surface area contributed by atoms with Crippen LogP contribution in [0.1, 0.15) is 86.6 Å². The second-order valence-corrected chi connectivity index (χ2v) is 14.5. The average Bonchev–Trinajstić information content (AvgIpc) is 3.03. The highest BCUT2D eigenvalue weighted by molar-refractivity contribution is 5.79. The number of methoxy groups -OCH3 is 1. The van der Waals surface area contributed by atoms with Crippen molar-refractivity contribution in [2.45, 2.75) is 117 Å². The summed E-state index contributed by atoms with van der Waals surface area (Å²) in [5.74, 6) is -2.20. The fourth-order valence-corrected chi connectivity index (χ4v) is 5.68. The molecule has 2 rings (SSSR count). The number of carbonyl (C=O) groups excluding carboxylic acids is 5. The van der Waals surface area contributed by atoms with E-state index in [9.17, 15) is 24.0 Å². The van der Waals surface area contributed by atoms with Crippen LogP contribution in [0.2, 0.25) is 0 Å². The predicted octanol–water partition coefficient (Wildman–Crippen LogP) is 4.32. The van der Waals surface area contributed by atoms with E-state index < -0.39 is 53.5 Å². The van der Waals surface area contributed by atoms with Crippen LogP contribution in [0.5, 0.6) is 0 Å². The lowest BCUT2D eigenvalue weighted by molar-refractivity contribution is -0.163. The molecule has 14 heteroatoms. The number of ether oxygens (including phenoxy) is 6. The summed E-state index contributed by atoms with van der Waals surface area (Å²) in [7, 11) is 1.27. The quantitative estimate of drug-likeness (QED) is 0.156. The smallest absolute Gasteiger partial charge is 0.465 e. The third kappa shape index (κ3) is 16.9. The first kappa shape index (κ1) is 43.4. The van der Waals surface area contributed by atoms with Gasteiger partial charge in [-0.2, -0.15) is 0 Å². The summed E-state index contributed by atoms with van der Waals surface area (Å²) in [5, 5.41) is 0. The van der Waals surface area contributed by atoms with Gasteiger partial charge in [0.15, 0.2) is 6.23 Å². The topological polar surface area (TPSA) is 150 Å². The Balaban J connectivity index is 2.47. The second kappa shape index (κ2) is 20.9. The van der Waals surface area contributed by atoms with Crippen LogP contribution in [0.3, 0.4) is 0 Å². The monoisotopic (exact) mass is 721 g/mol. The minimum Gasteiger partial charge on any atom is -0.465 e. The summed E-state index contributed by atoms with van der Waals surface area (Å²) in [5.41, 5.74) is -0.497.